The van der Waals surface area contributed by atoms with Gasteiger partial charge in [-0.05, 0) is 85.9 Å². The number of carbonyl (C=O) groups excluding carboxylic acids is 1. The maximum absolute atomic E-state index is 13.6. The average Bonchev–Trinajstić information content (AvgIpc) is 2.96. The predicted octanol–water partition coefficient (Wildman–Crippen LogP) is 5.59. The summed E-state index contributed by atoms with van der Waals surface area (Å²) in [4.78, 5) is 13.6. The molecule has 4 saturated carbocycles. The fourth-order valence-corrected chi connectivity index (χ4v) is 8.60. The molecule has 0 aliphatic heterocycles. The number of Topliss-reactive ketones (excluding diaryl/α,β-unsaturated/α-hetero) is 1. The van der Waals surface area contributed by atoms with E-state index in [1.165, 1.54) is 57.8 Å². The number of fused-ring (bicyclic) bond motifs is 5. The molecule has 0 unspecified atom stereocenters. The minimum absolute atomic E-state index is 0.0238. The quantitative estimate of drug-likeness (QED) is 0.714. The van der Waals surface area contributed by atoms with Gasteiger partial charge in [-0.25, -0.2) is 0 Å². The van der Waals surface area contributed by atoms with E-state index >= 15 is 0 Å². The Kier molecular flexibility index (Phi) is 4.82. The highest BCUT2D eigenvalue weighted by molar-refractivity contribution is 5.87. The van der Waals surface area contributed by atoms with E-state index in [1.54, 1.807) is 0 Å². The minimum atomic E-state index is -0.0238. The van der Waals surface area contributed by atoms with Crippen molar-refractivity contribution in [2.24, 2.45) is 52.1 Å². The van der Waals surface area contributed by atoms with Gasteiger partial charge in [0.1, 0.15) is 5.78 Å². The summed E-state index contributed by atoms with van der Waals surface area (Å²) in [7, 11) is 0. The smallest absolute Gasteiger partial charge is 0.139 e. The summed E-state index contributed by atoms with van der Waals surface area (Å²) in [5.74, 6) is 4.83. The van der Waals surface area contributed by atoms with Crippen LogP contribution in [0.2, 0.25) is 0 Å². The standard InChI is InChI=1S/C24H41NO/c1-5-6-15(2)19-9-10-20-18-8-7-16-13-17(25)11-12-23(16,3)21(18)14-22(26)24(19,20)4/h15-21H,5-14,25H2,1-4H3/t15-,16-,17+,18+,19-,20+,21+,23+,24-/m1/s1. The molecule has 0 radical (unpaired) electrons. The third-order valence-electron chi connectivity index (χ3n) is 10.1. The van der Waals surface area contributed by atoms with Crippen LogP contribution in [0, 0.1) is 46.3 Å². The summed E-state index contributed by atoms with van der Waals surface area (Å²) in [6, 6.07) is 0.403. The lowest BCUT2D eigenvalue weighted by molar-refractivity contribution is -0.157. The summed E-state index contributed by atoms with van der Waals surface area (Å²) >= 11 is 0. The third-order valence-corrected chi connectivity index (χ3v) is 10.1. The van der Waals surface area contributed by atoms with Gasteiger partial charge in [0.2, 0.25) is 0 Å². The Morgan fingerprint density at radius 2 is 1.88 bits per heavy atom. The second-order valence-corrected chi connectivity index (χ2v) is 11.1. The molecule has 4 aliphatic carbocycles. The van der Waals surface area contributed by atoms with Crippen LogP contribution in [0.25, 0.3) is 0 Å². The summed E-state index contributed by atoms with van der Waals surface area (Å²) in [5, 5.41) is 0. The van der Waals surface area contributed by atoms with E-state index in [2.05, 4.69) is 27.7 Å². The number of hydrogen-bond acceptors (Lipinski definition) is 2. The Labute approximate surface area is 161 Å². The molecule has 0 amide bonds. The lowest BCUT2D eigenvalue weighted by Gasteiger charge is -2.60. The van der Waals surface area contributed by atoms with Crippen molar-refractivity contribution in [2.45, 2.75) is 97.9 Å². The van der Waals surface area contributed by atoms with Gasteiger partial charge in [0, 0.05) is 17.9 Å². The van der Waals surface area contributed by atoms with Crippen LogP contribution in [0.15, 0.2) is 0 Å². The van der Waals surface area contributed by atoms with Crippen molar-refractivity contribution >= 4 is 5.78 Å². The highest BCUT2D eigenvalue weighted by atomic mass is 16.1. The second kappa shape index (κ2) is 6.61. The second-order valence-electron chi connectivity index (χ2n) is 11.1. The summed E-state index contributed by atoms with van der Waals surface area (Å²) in [6.45, 7) is 9.62. The van der Waals surface area contributed by atoms with E-state index in [0.29, 0.717) is 40.9 Å². The van der Waals surface area contributed by atoms with Crippen molar-refractivity contribution in [2.75, 3.05) is 0 Å². The van der Waals surface area contributed by atoms with Crippen molar-refractivity contribution in [3.8, 4) is 0 Å². The largest absolute Gasteiger partial charge is 0.328 e. The molecular weight excluding hydrogens is 318 g/mol. The summed E-state index contributed by atoms with van der Waals surface area (Å²) in [5.41, 5.74) is 6.67. The fourth-order valence-electron chi connectivity index (χ4n) is 8.60. The van der Waals surface area contributed by atoms with Gasteiger partial charge in [0.15, 0.2) is 0 Å². The van der Waals surface area contributed by atoms with Gasteiger partial charge < -0.3 is 5.73 Å². The van der Waals surface area contributed by atoms with Crippen LogP contribution in [-0.4, -0.2) is 11.8 Å². The van der Waals surface area contributed by atoms with Crippen LogP contribution in [0.3, 0.4) is 0 Å². The van der Waals surface area contributed by atoms with Gasteiger partial charge in [-0.1, -0.05) is 40.5 Å². The molecule has 0 aromatic heterocycles. The fraction of sp³-hybridized carbons (Fsp3) is 0.958. The van der Waals surface area contributed by atoms with Crippen molar-refractivity contribution in [3.63, 3.8) is 0 Å². The Morgan fingerprint density at radius 1 is 1.12 bits per heavy atom. The first kappa shape index (κ1) is 19.0. The van der Waals surface area contributed by atoms with Gasteiger partial charge in [-0.2, -0.15) is 0 Å². The van der Waals surface area contributed by atoms with E-state index in [4.69, 9.17) is 5.73 Å². The van der Waals surface area contributed by atoms with E-state index in [9.17, 15) is 4.79 Å². The molecule has 2 N–H and O–H groups in total. The molecule has 0 bridgehead atoms. The Morgan fingerprint density at radius 3 is 2.62 bits per heavy atom. The van der Waals surface area contributed by atoms with E-state index < -0.39 is 0 Å². The molecule has 26 heavy (non-hydrogen) atoms. The Balaban J connectivity index is 1.62. The molecule has 4 aliphatic rings. The number of hydrogen-bond donors (Lipinski definition) is 1. The molecule has 4 fully saturated rings. The van der Waals surface area contributed by atoms with Crippen LogP contribution in [-0.2, 0) is 4.79 Å². The summed E-state index contributed by atoms with van der Waals surface area (Å²) < 4.78 is 0. The molecule has 4 rings (SSSR count). The maximum Gasteiger partial charge on any atom is 0.139 e. The maximum atomic E-state index is 13.6. The molecule has 0 aromatic rings. The molecule has 0 saturated heterocycles. The lowest BCUT2D eigenvalue weighted by Crippen LogP contribution is -2.57. The highest BCUT2D eigenvalue weighted by Crippen LogP contribution is 2.67. The Hall–Kier alpha value is -0.370. The molecule has 0 spiro atoms. The normalized spacial score (nSPS) is 52.1. The topological polar surface area (TPSA) is 43.1 Å². The van der Waals surface area contributed by atoms with Gasteiger partial charge in [-0.3, -0.25) is 4.79 Å². The van der Waals surface area contributed by atoms with Crippen LogP contribution < -0.4 is 5.73 Å². The van der Waals surface area contributed by atoms with Gasteiger partial charge in [-0.15, -0.1) is 0 Å². The van der Waals surface area contributed by atoms with Gasteiger partial charge >= 0.3 is 0 Å². The van der Waals surface area contributed by atoms with Crippen LogP contribution in [0.5, 0.6) is 0 Å². The molecule has 148 valence electrons. The first-order chi connectivity index (χ1) is 12.3. The average molecular weight is 360 g/mol. The number of nitrogens with two attached hydrogens (primary N) is 1. The zero-order valence-corrected chi connectivity index (χ0v) is 17.6. The first-order valence-electron chi connectivity index (χ1n) is 11.6. The van der Waals surface area contributed by atoms with Crippen molar-refractivity contribution in [1.82, 2.24) is 0 Å². The summed E-state index contributed by atoms with van der Waals surface area (Å²) in [6.07, 6.45) is 12.4. The number of carbonyl (C=O) groups is 1. The molecule has 2 nitrogen and oxygen atoms in total. The third kappa shape index (κ3) is 2.57. The SMILES string of the molecule is CCC[C@@H](C)[C@H]1CC[C@H]2[C@@H]3CC[C@@H]4C[C@@H](N)CC[C@]4(C)[C@H]3CC(=O)[C@]12C. The van der Waals surface area contributed by atoms with Crippen molar-refractivity contribution in [1.29, 1.82) is 0 Å². The zero-order chi connectivity index (χ0) is 18.7. The van der Waals surface area contributed by atoms with Crippen LogP contribution in [0.4, 0.5) is 0 Å². The highest BCUT2D eigenvalue weighted by Gasteiger charge is 2.63. The van der Waals surface area contributed by atoms with Crippen LogP contribution >= 0.6 is 0 Å². The molecule has 0 aromatic carbocycles. The minimum Gasteiger partial charge on any atom is -0.328 e. The van der Waals surface area contributed by atoms with Gasteiger partial charge in [0.05, 0.1) is 0 Å². The first-order valence-corrected chi connectivity index (χ1v) is 11.6. The van der Waals surface area contributed by atoms with Gasteiger partial charge in [0.25, 0.3) is 0 Å². The van der Waals surface area contributed by atoms with Crippen LogP contribution in [0.1, 0.15) is 91.9 Å². The zero-order valence-electron chi connectivity index (χ0n) is 17.6. The van der Waals surface area contributed by atoms with E-state index in [-0.39, 0.29) is 5.41 Å². The molecular formula is C24H41NO. The number of rotatable bonds is 3. The van der Waals surface area contributed by atoms with E-state index in [1.807, 2.05) is 0 Å². The van der Waals surface area contributed by atoms with Crippen molar-refractivity contribution < 1.29 is 4.79 Å². The number of ketones is 1. The molecule has 0 heterocycles. The molecule has 9 atom stereocenters. The Bertz CT molecular complexity index is 558. The predicted molar refractivity (Wildman–Crippen MR) is 108 cm³/mol. The monoisotopic (exact) mass is 359 g/mol. The lowest BCUT2D eigenvalue weighted by atomic mass is 9.44. The van der Waals surface area contributed by atoms with E-state index in [0.717, 1.165) is 18.3 Å². The molecule has 2 heteroatoms. The van der Waals surface area contributed by atoms with Crippen molar-refractivity contribution in [3.05, 3.63) is 0 Å².